The van der Waals surface area contributed by atoms with E-state index in [2.05, 4.69) is 0 Å². The van der Waals surface area contributed by atoms with Gasteiger partial charge in [-0.05, 0) is 18.1 Å². The number of ether oxygens (including phenoxy) is 2. The fraction of sp³-hybridized carbons (Fsp3) is 0.467. The highest BCUT2D eigenvalue weighted by Crippen LogP contribution is 2.35. The first-order chi connectivity index (χ1) is 9.99. The third-order valence-electron chi connectivity index (χ3n) is 3.10. The van der Waals surface area contributed by atoms with Crippen molar-refractivity contribution in [1.82, 2.24) is 4.90 Å². The van der Waals surface area contributed by atoms with E-state index in [4.69, 9.17) is 14.6 Å². The standard InChI is InChI=1S/C15H19NO5/c1-10(2)8-16(7-6-13(17)18)15(19)11-4-3-5-12-14(11)21-9-20-12/h3-5,10H,6-9H2,1-2H3,(H,17,18). The number of benzene rings is 1. The molecule has 0 radical (unpaired) electrons. The number of rotatable bonds is 6. The van der Waals surface area contributed by atoms with Crippen LogP contribution in [0.3, 0.4) is 0 Å². The SMILES string of the molecule is CC(C)CN(CCC(=O)O)C(=O)c1cccc2c1OCO2. The zero-order valence-corrected chi connectivity index (χ0v) is 12.2. The van der Waals surface area contributed by atoms with Crippen molar-refractivity contribution in [2.45, 2.75) is 20.3 Å². The van der Waals surface area contributed by atoms with Crippen molar-refractivity contribution >= 4 is 11.9 Å². The summed E-state index contributed by atoms with van der Waals surface area (Å²) in [5.74, 6) is 0.0774. The molecule has 1 heterocycles. The van der Waals surface area contributed by atoms with E-state index in [1.165, 1.54) is 0 Å². The Morgan fingerprint density at radius 1 is 1.33 bits per heavy atom. The van der Waals surface area contributed by atoms with Crippen molar-refractivity contribution in [2.24, 2.45) is 5.92 Å². The van der Waals surface area contributed by atoms with E-state index in [1.54, 1.807) is 23.1 Å². The van der Waals surface area contributed by atoms with Gasteiger partial charge in [-0.25, -0.2) is 0 Å². The summed E-state index contributed by atoms with van der Waals surface area (Å²) < 4.78 is 10.6. The van der Waals surface area contributed by atoms with E-state index in [1.807, 2.05) is 13.8 Å². The Bertz CT molecular complexity index is 541. The number of nitrogens with zero attached hydrogens (tertiary/aromatic N) is 1. The van der Waals surface area contributed by atoms with Gasteiger partial charge in [0.2, 0.25) is 6.79 Å². The van der Waals surface area contributed by atoms with Crippen LogP contribution in [0.25, 0.3) is 0 Å². The first-order valence-corrected chi connectivity index (χ1v) is 6.88. The Labute approximate surface area is 123 Å². The lowest BCUT2D eigenvalue weighted by molar-refractivity contribution is -0.137. The lowest BCUT2D eigenvalue weighted by Crippen LogP contribution is -2.36. The van der Waals surface area contributed by atoms with Gasteiger partial charge in [0.15, 0.2) is 11.5 Å². The Hall–Kier alpha value is -2.24. The van der Waals surface area contributed by atoms with E-state index in [-0.39, 0.29) is 31.6 Å². The van der Waals surface area contributed by atoms with E-state index in [0.29, 0.717) is 23.6 Å². The van der Waals surface area contributed by atoms with Crippen molar-refractivity contribution in [3.63, 3.8) is 0 Å². The van der Waals surface area contributed by atoms with E-state index in [0.717, 1.165) is 0 Å². The first-order valence-electron chi connectivity index (χ1n) is 6.88. The van der Waals surface area contributed by atoms with Crippen molar-refractivity contribution in [3.8, 4) is 11.5 Å². The van der Waals surface area contributed by atoms with Crippen LogP contribution in [0.4, 0.5) is 0 Å². The third kappa shape index (κ3) is 3.65. The van der Waals surface area contributed by atoms with Gasteiger partial charge in [0.1, 0.15) is 0 Å². The van der Waals surface area contributed by atoms with Crippen LogP contribution in [-0.2, 0) is 4.79 Å². The third-order valence-corrected chi connectivity index (χ3v) is 3.10. The number of aliphatic carboxylic acids is 1. The number of carboxylic acid groups (broad SMARTS) is 1. The number of amides is 1. The molecule has 1 aliphatic heterocycles. The molecule has 0 aromatic heterocycles. The molecule has 0 saturated carbocycles. The zero-order valence-electron chi connectivity index (χ0n) is 12.2. The summed E-state index contributed by atoms with van der Waals surface area (Å²) >= 11 is 0. The van der Waals surface area contributed by atoms with E-state index in [9.17, 15) is 9.59 Å². The molecule has 1 amide bonds. The molecule has 6 heteroatoms. The predicted octanol–water partition coefficient (Wildman–Crippen LogP) is 1.99. The van der Waals surface area contributed by atoms with Crippen LogP contribution in [0.15, 0.2) is 18.2 Å². The summed E-state index contributed by atoms with van der Waals surface area (Å²) in [6.07, 6.45) is -0.0785. The van der Waals surface area contributed by atoms with E-state index >= 15 is 0 Å². The molecular formula is C15H19NO5. The second-order valence-corrected chi connectivity index (χ2v) is 5.33. The fourth-order valence-electron chi connectivity index (χ4n) is 2.22. The molecule has 1 aromatic carbocycles. The average Bonchev–Trinajstić information content (AvgIpc) is 2.90. The van der Waals surface area contributed by atoms with Gasteiger partial charge < -0.3 is 19.5 Å². The van der Waals surface area contributed by atoms with Gasteiger partial charge in [-0.1, -0.05) is 19.9 Å². The highest BCUT2D eigenvalue weighted by atomic mass is 16.7. The Kier molecular flexibility index (Phi) is 4.67. The molecule has 0 aliphatic carbocycles. The Morgan fingerprint density at radius 2 is 2.10 bits per heavy atom. The molecule has 1 aromatic rings. The molecule has 0 atom stereocenters. The largest absolute Gasteiger partial charge is 0.481 e. The molecular weight excluding hydrogens is 274 g/mol. The molecule has 6 nitrogen and oxygen atoms in total. The van der Waals surface area contributed by atoms with Gasteiger partial charge in [0, 0.05) is 13.1 Å². The van der Waals surface area contributed by atoms with Gasteiger partial charge in [-0.3, -0.25) is 9.59 Å². The quantitative estimate of drug-likeness (QED) is 0.868. The van der Waals surface area contributed by atoms with Crippen LogP contribution in [0.2, 0.25) is 0 Å². The van der Waals surface area contributed by atoms with Crippen molar-refractivity contribution in [3.05, 3.63) is 23.8 Å². The highest BCUT2D eigenvalue weighted by molar-refractivity contribution is 5.98. The predicted molar refractivity (Wildman–Crippen MR) is 75.6 cm³/mol. The van der Waals surface area contributed by atoms with Crippen LogP contribution in [0.1, 0.15) is 30.6 Å². The van der Waals surface area contributed by atoms with E-state index < -0.39 is 5.97 Å². The van der Waals surface area contributed by atoms with Crippen LogP contribution < -0.4 is 9.47 Å². The van der Waals surface area contributed by atoms with Gasteiger partial charge in [-0.2, -0.15) is 0 Å². The maximum Gasteiger partial charge on any atom is 0.305 e. The molecule has 0 saturated heterocycles. The lowest BCUT2D eigenvalue weighted by atomic mass is 10.1. The molecule has 0 bridgehead atoms. The topological polar surface area (TPSA) is 76.1 Å². The smallest absolute Gasteiger partial charge is 0.305 e. The van der Waals surface area contributed by atoms with Gasteiger partial charge >= 0.3 is 5.97 Å². The number of carbonyl (C=O) groups is 2. The zero-order chi connectivity index (χ0) is 15.4. The highest BCUT2D eigenvalue weighted by Gasteiger charge is 2.26. The molecule has 2 rings (SSSR count). The Balaban J connectivity index is 2.21. The van der Waals surface area contributed by atoms with Gasteiger partial charge in [-0.15, -0.1) is 0 Å². The number of fused-ring (bicyclic) bond motifs is 1. The Morgan fingerprint density at radius 3 is 2.76 bits per heavy atom. The summed E-state index contributed by atoms with van der Waals surface area (Å²) in [5.41, 5.74) is 0.413. The molecule has 0 spiro atoms. The normalized spacial score (nSPS) is 12.5. The molecule has 21 heavy (non-hydrogen) atoms. The lowest BCUT2D eigenvalue weighted by Gasteiger charge is -2.24. The van der Waals surface area contributed by atoms with Gasteiger partial charge in [0.05, 0.1) is 12.0 Å². The minimum atomic E-state index is -0.922. The molecule has 1 N–H and O–H groups in total. The fourth-order valence-corrected chi connectivity index (χ4v) is 2.22. The summed E-state index contributed by atoms with van der Waals surface area (Å²) in [6, 6.07) is 5.14. The first kappa shape index (κ1) is 15.2. The van der Waals surface area contributed by atoms with Crippen LogP contribution in [0, 0.1) is 5.92 Å². The summed E-state index contributed by atoms with van der Waals surface area (Å²) in [7, 11) is 0. The maximum absolute atomic E-state index is 12.7. The second-order valence-electron chi connectivity index (χ2n) is 5.33. The summed E-state index contributed by atoms with van der Waals surface area (Å²) in [6.45, 7) is 4.73. The number of hydrogen-bond acceptors (Lipinski definition) is 4. The minimum absolute atomic E-state index is 0.0785. The summed E-state index contributed by atoms with van der Waals surface area (Å²) in [4.78, 5) is 25.0. The maximum atomic E-state index is 12.7. The van der Waals surface area contributed by atoms with Crippen molar-refractivity contribution in [1.29, 1.82) is 0 Å². The van der Waals surface area contributed by atoms with Crippen LogP contribution in [0.5, 0.6) is 11.5 Å². The van der Waals surface area contributed by atoms with Crippen molar-refractivity contribution in [2.75, 3.05) is 19.9 Å². The van der Waals surface area contributed by atoms with Crippen LogP contribution in [-0.4, -0.2) is 41.8 Å². The number of para-hydroxylation sites is 1. The van der Waals surface area contributed by atoms with Gasteiger partial charge in [0.25, 0.3) is 5.91 Å². The molecule has 114 valence electrons. The molecule has 0 fully saturated rings. The second kappa shape index (κ2) is 6.47. The number of carboxylic acids is 1. The number of hydrogen-bond donors (Lipinski definition) is 1. The van der Waals surface area contributed by atoms with Crippen molar-refractivity contribution < 1.29 is 24.2 Å². The molecule has 0 unspecified atom stereocenters. The minimum Gasteiger partial charge on any atom is -0.481 e. The molecule has 1 aliphatic rings. The number of carbonyl (C=O) groups excluding carboxylic acids is 1. The average molecular weight is 293 g/mol. The van der Waals surface area contributed by atoms with Crippen LogP contribution >= 0.6 is 0 Å². The monoisotopic (exact) mass is 293 g/mol. The summed E-state index contributed by atoms with van der Waals surface area (Å²) in [5, 5.41) is 8.82.